The Balaban J connectivity index is 2.04. The van der Waals surface area contributed by atoms with Crippen molar-refractivity contribution < 1.29 is 28.1 Å². The maximum atomic E-state index is 13.1. The molecule has 0 aliphatic heterocycles. The molecule has 3 rings (SSSR count). The van der Waals surface area contributed by atoms with Gasteiger partial charge in [0.25, 0.3) is 5.91 Å². The summed E-state index contributed by atoms with van der Waals surface area (Å²) in [6.07, 6.45) is -1.78. The van der Waals surface area contributed by atoms with Crippen molar-refractivity contribution in [3.05, 3.63) is 84.4 Å². The molecular formula is C24H22N4O6S. The third kappa shape index (κ3) is 6.98. The molecule has 180 valence electrons. The first-order valence-electron chi connectivity index (χ1n) is 10.2. The minimum Gasteiger partial charge on any atom is -0.453 e. The predicted molar refractivity (Wildman–Crippen MR) is 130 cm³/mol. The summed E-state index contributed by atoms with van der Waals surface area (Å²) in [6, 6.07) is 21.8. The van der Waals surface area contributed by atoms with Crippen molar-refractivity contribution in [2.24, 2.45) is 4.99 Å². The Labute approximate surface area is 203 Å². The molecular weight excluding hydrogens is 472 g/mol. The quantitative estimate of drug-likeness (QED) is 0.365. The van der Waals surface area contributed by atoms with Crippen LogP contribution in [0.5, 0.6) is 0 Å². The van der Waals surface area contributed by atoms with Crippen molar-refractivity contribution >= 4 is 46.2 Å². The van der Waals surface area contributed by atoms with Crippen molar-refractivity contribution in [3.8, 4) is 0 Å². The van der Waals surface area contributed by atoms with Gasteiger partial charge in [0.05, 0.1) is 36.4 Å². The molecule has 0 bridgehead atoms. The number of nitrogens with zero attached hydrogens (tertiary/aromatic N) is 1. The number of guanidine groups is 1. The molecule has 11 heteroatoms. The molecule has 3 N–H and O–H groups in total. The first-order chi connectivity index (χ1) is 16.9. The van der Waals surface area contributed by atoms with Gasteiger partial charge in [0.2, 0.25) is 5.96 Å². The summed E-state index contributed by atoms with van der Waals surface area (Å²) in [5.74, 6) is -0.746. The van der Waals surface area contributed by atoms with Gasteiger partial charge < -0.3 is 14.8 Å². The fraction of sp³-hybridized carbons (Fsp3) is 0.0833. The number of hydrogen-bond acceptors (Lipinski definition) is 7. The molecule has 0 heterocycles. The number of benzene rings is 3. The van der Waals surface area contributed by atoms with Crippen LogP contribution in [0.15, 0.2) is 93.6 Å². The van der Waals surface area contributed by atoms with Crippen LogP contribution < -0.4 is 16.0 Å². The molecule has 0 aliphatic carbocycles. The summed E-state index contributed by atoms with van der Waals surface area (Å²) in [5, 5.41) is 7.27. The predicted octanol–water partition coefficient (Wildman–Crippen LogP) is 3.81. The molecule has 0 saturated heterocycles. The van der Waals surface area contributed by atoms with Crippen LogP contribution in [0, 0.1) is 0 Å². The summed E-state index contributed by atoms with van der Waals surface area (Å²) in [4.78, 5) is 41.5. The van der Waals surface area contributed by atoms with E-state index in [0.717, 1.165) is 14.2 Å². The van der Waals surface area contributed by atoms with E-state index < -0.39 is 28.9 Å². The zero-order valence-electron chi connectivity index (χ0n) is 18.8. The van der Waals surface area contributed by atoms with Gasteiger partial charge in [-0.15, -0.1) is 0 Å². The van der Waals surface area contributed by atoms with Crippen LogP contribution in [0.2, 0.25) is 0 Å². The van der Waals surface area contributed by atoms with Gasteiger partial charge >= 0.3 is 12.2 Å². The second-order valence-electron chi connectivity index (χ2n) is 6.77. The summed E-state index contributed by atoms with van der Waals surface area (Å²) in [6.45, 7) is 0. The molecule has 1 unspecified atom stereocenters. The summed E-state index contributed by atoms with van der Waals surface area (Å²) in [5.41, 5.74) is 0.736. The molecule has 0 saturated carbocycles. The monoisotopic (exact) mass is 494 g/mol. The number of aliphatic imine (C=N–C) groups is 1. The molecule has 0 aromatic heterocycles. The minimum atomic E-state index is -1.54. The number of hydrogen-bond donors (Lipinski definition) is 3. The van der Waals surface area contributed by atoms with E-state index >= 15 is 0 Å². The molecule has 3 aromatic carbocycles. The number of anilines is 1. The lowest BCUT2D eigenvalue weighted by Gasteiger charge is -2.13. The van der Waals surface area contributed by atoms with Gasteiger partial charge in [-0.2, -0.15) is 0 Å². The van der Waals surface area contributed by atoms with E-state index in [0.29, 0.717) is 15.4 Å². The molecule has 1 atom stereocenters. The Bertz CT molecular complexity index is 1250. The van der Waals surface area contributed by atoms with Gasteiger partial charge in [-0.3, -0.25) is 15.4 Å². The van der Waals surface area contributed by atoms with Crippen molar-refractivity contribution in [2.75, 3.05) is 19.5 Å². The molecule has 0 fully saturated rings. The molecule has 35 heavy (non-hydrogen) atoms. The van der Waals surface area contributed by atoms with Gasteiger partial charge in [0.15, 0.2) is 0 Å². The van der Waals surface area contributed by atoms with Crippen LogP contribution in [-0.2, 0) is 20.3 Å². The maximum absolute atomic E-state index is 13.1. The normalized spacial score (nSPS) is 10.9. The number of methoxy groups -OCH3 is 2. The summed E-state index contributed by atoms with van der Waals surface area (Å²) < 4.78 is 22.2. The van der Waals surface area contributed by atoms with E-state index in [-0.39, 0.29) is 17.3 Å². The average Bonchev–Trinajstić information content (AvgIpc) is 2.89. The highest BCUT2D eigenvalue weighted by Crippen LogP contribution is 2.30. The highest BCUT2D eigenvalue weighted by molar-refractivity contribution is 7.85. The molecule has 0 radical (unpaired) electrons. The van der Waals surface area contributed by atoms with E-state index in [9.17, 15) is 18.6 Å². The fourth-order valence-corrected chi connectivity index (χ4v) is 3.89. The Morgan fingerprint density at radius 1 is 0.771 bits per heavy atom. The number of carbonyl (C=O) groups excluding carboxylic acids is 3. The van der Waals surface area contributed by atoms with Gasteiger partial charge in [-0.05, 0) is 42.5 Å². The van der Waals surface area contributed by atoms with Crippen LogP contribution in [-0.4, -0.2) is 42.5 Å². The number of amides is 3. The lowest BCUT2D eigenvalue weighted by atomic mass is 10.2. The maximum Gasteiger partial charge on any atom is 0.413 e. The fourth-order valence-electron chi connectivity index (χ4n) is 2.80. The van der Waals surface area contributed by atoms with Crippen LogP contribution in [0.4, 0.5) is 21.0 Å². The van der Waals surface area contributed by atoms with E-state index in [1.54, 1.807) is 60.7 Å². The zero-order chi connectivity index (χ0) is 25.2. The third-order valence-corrected chi connectivity index (χ3v) is 5.85. The van der Waals surface area contributed by atoms with Gasteiger partial charge in [-0.1, -0.05) is 36.4 Å². The first-order valence-corrected chi connectivity index (χ1v) is 11.3. The van der Waals surface area contributed by atoms with Crippen LogP contribution in [0.3, 0.4) is 0 Å². The van der Waals surface area contributed by atoms with Crippen molar-refractivity contribution in [1.82, 2.24) is 10.6 Å². The van der Waals surface area contributed by atoms with E-state index in [2.05, 4.69) is 30.4 Å². The Morgan fingerprint density at radius 3 is 1.91 bits per heavy atom. The SMILES string of the molecule is COC(=O)NC(=Nc1ccc(S(=O)c2ccccc2)cc1NC(=O)c1ccccc1)NC(=O)OC. The standard InChI is InChI=1S/C24H22N4O6S/c1-33-23(30)27-22(28-24(31)34-2)26-19-14-13-18(35(32)17-11-7-4-8-12-17)15-20(19)25-21(29)16-9-5-3-6-10-16/h3-15H,1-2H3,(H,25,29)(H2,26,27,28,30,31). The number of rotatable bonds is 5. The second kappa shape index (κ2) is 12.1. The van der Waals surface area contributed by atoms with Crippen molar-refractivity contribution in [2.45, 2.75) is 9.79 Å². The molecule has 3 amide bonds. The molecule has 0 aliphatic rings. The Morgan fingerprint density at radius 2 is 1.34 bits per heavy atom. The van der Waals surface area contributed by atoms with E-state index in [4.69, 9.17) is 0 Å². The minimum absolute atomic E-state index is 0.158. The highest BCUT2D eigenvalue weighted by atomic mass is 32.2. The Kier molecular flexibility index (Phi) is 8.68. The largest absolute Gasteiger partial charge is 0.453 e. The third-order valence-electron chi connectivity index (χ3n) is 4.47. The van der Waals surface area contributed by atoms with Gasteiger partial charge in [0, 0.05) is 15.4 Å². The smallest absolute Gasteiger partial charge is 0.413 e. The number of nitrogens with one attached hydrogen (secondary N) is 3. The lowest BCUT2D eigenvalue weighted by molar-refractivity contribution is 0.102. The molecule has 10 nitrogen and oxygen atoms in total. The van der Waals surface area contributed by atoms with Crippen LogP contribution >= 0.6 is 0 Å². The average molecular weight is 495 g/mol. The number of ether oxygens (including phenoxy) is 2. The lowest BCUT2D eigenvalue weighted by Crippen LogP contribution is -2.43. The van der Waals surface area contributed by atoms with E-state index in [1.165, 1.54) is 12.1 Å². The summed E-state index contributed by atoms with van der Waals surface area (Å²) >= 11 is 0. The van der Waals surface area contributed by atoms with Crippen LogP contribution in [0.25, 0.3) is 0 Å². The van der Waals surface area contributed by atoms with Gasteiger partial charge in [-0.25, -0.2) is 18.8 Å². The van der Waals surface area contributed by atoms with Crippen molar-refractivity contribution in [1.29, 1.82) is 0 Å². The van der Waals surface area contributed by atoms with Crippen LogP contribution in [0.1, 0.15) is 10.4 Å². The second-order valence-corrected chi connectivity index (χ2v) is 8.25. The zero-order valence-corrected chi connectivity index (χ0v) is 19.6. The number of alkyl carbamates (subject to hydrolysis) is 2. The van der Waals surface area contributed by atoms with E-state index in [1.807, 2.05) is 6.07 Å². The topological polar surface area (TPSA) is 135 Å². The summed E-state index contributed by atoms with van der Waals surface area (Å²) in [7, 11) is 0.749. The molecule has 0 spiro atoms. The Hall–Kier alpha value is -4.51. The molecule has 3 aromatic rings. The first kappa shape index (κ1) is 25.1. The highest BCUT2D eigenvalue weighted by Gasteiger charge is 2.16. The van der Waals surface area contributed by atoms with Gasteiger partial charge in [0.1, 0.15) is 0 Å². The van der Waals surface area contributed by atoms with Crippen molar-refractivity contribution in [3.63, 3.8) is 0 Å². The number of carbonyl (C=O) groups is 3.